The smallest absolute Gasteiger partial charge is 0.412 e. The van der Waals surface area contributed by atoms with E-state index in [1.54, 1.807) is 4.90 Å². The molecule has 0 aliphatic carbocycles. The zero-order valence-electron chi connectivity index (χ0n) is 19.6. The Kier molecular flexibility index (Phi) is 7.11. The van der Waals surface area contributed by atoms with Crippen molar-refractivity contribution in [3.05, 3.63) is 58.2 Å². The molecule has 0 saturated carbocycles. The van der Waals surface area contributed by atoms with E-state index < -0.39 is 11.7 Å². The molecule has 1 aliphatic heterocycles. The van der Waals surface area contributed by atoms with Crippen molar-refractivity contribution in [1.29, 1.82) is 0 Å². The number of ether oxygens (including phenoxy) is 2. The SMILES string of the molecule is CC(C)(C)OC(=O)N1CCC(c2n[nH]c3c(NC(=O)OCc4ccccc4)ccc(Br)c23)CC1. The predicted molar refractivity (Wildman–Crippen MR) is 134 cm³/mol. The predicted octanol–water partition coefficient (Wildman–Crippen LogP) is 6.19. The van der Waals surface area contributed by atoms with E-state index in [2.05, 4.69) is 31.4 Å². The molecule has 2 N–H and O–H groups in total. The van der Waals surface area contributed by atoms with Gasteiger partial charge in [-0.05, 0) is 51.3 Å². The van der Waals surface area contributed by atoms with Crippen LogP contribution in [-0.2, 0) is 16.1 Å². The Morgan fingerprint density at radius 1 is 1.15 bits per heavy atom. The fourth-order valence-corrected chi connectivity index (χ4v) is 4.58. The lowest BCUT2D eigenvalue weighted by atomic mass is 9.91. The summed E-state index contributed by atoms with van der Waals surface area (Å²) in [5.41, 5.74) is 2.66. The van der Waals surface area contributed by atoms with Crippen molar-refractivity contribution in [2.45, 2.75) is 51.7 Å². The summed E-state index contributed by atoms with van der Waals surface area (Å²) in [6.45, 7) is 7.01. The molecule has 0 unspecified atom stereocenters. The number of carbonyl (C=O) groups is 2. The van der Waals surface area contributed by atoms with Gasteiger partial charge in [-0.2, -0.15) is 5.10 Å². The lowest BCUT2D eigenvalue weighted by molar-refractivity contribution is 0.0204. The molecule has 0 bridgehead atoms. The van der Waals surface area contributed by atoms with Gasteiger partial charge in [0, 0.05) is 28.9 Å². The first-order chi connectivity index (χ1) is 16.2. The third-order valence-electron chi connectivity index (χ3n) is 5.68. The van der Waals surface area contributed by atoms with Crippen molar-refractivity contribution in [2.75, 3.05) is 18.4 Å². The summed E-state index contributed by atoms with van der Waals surface area (Å²) < 4.78 is 11.7. The molecular weight excluding hydrogens is 500 g/mol. The third kappa shape index (κ3) is 5.70. The second kappa shape index (κ2) is 10.0. The van der Waals surface area contributed by atoms with Crippen LogP contribution in [0.3, 0.4) is 0 Å². The second-order valence-electron chi connectivity index (χ2n) is 9.38. The first-order valence-electron chi connectivity index (χ1n) is 11.3. The van der Waals surface area contributed by atoms with Gasteiger partial charge < -0.3 is 14.4 Å². The zero-order valence-corrected chi connectivity index (χ0v) is 21.1. The molecule has 0 atom stereocenters. The van der Waals surface area contributed by atoms with Crippen LogP contribution in [0, 0.1) is 0 Å². The Bertz CT molecular complexity index is 1160. The number of benzene rings is 2. The number of carbonyl (C=O) groups excluding carboxylic acids is 2. The Labute approximate surface area is 207 Å². The molecule has 180 valence electrons. The van der Waals surface area contributed by atoms with Crippen LogP contribution in [0.25, 0.3) is 10.9 Å². The van der Waals surface area contributed by atoms with Crippen molar-refractivity contribution < 1.29 is 19.1 Å². The van der Waals surface area contributed by atoms with Gasteiger partial charge in [-0.1, -0.05) is 46.3 Å². The van der Waals surface area contributed by atoms with Gasteiger partial charge in [0.25, 0.3) is 0 Å². The zero-order chi connectivity index (χ0) is 24.3. The average Bonchev–Trinajstić information content (AvgIpc) is 3.26. The summed E-state index contributed by atoms with van der Waals surface area (Å²) >= 11 is 3.63. The number of likely N-dealkylation sites (tertiary alicyclic amines) is 1. The highest BCUT2D eigenvalue weighted by molar-refractivity contribution is 9.10. The quantitative estimate of drug-likeness (QED) is 0.420. The van der Waals surface area contributed by atoms with Crippen LogP contribution in [0.15, 0.2) is 46.9 Å². The van der Waals surface area contributed by atoms with Gasteiger partial charge >= 0.3 is 12.2 Å². The lowest BCUT2D eigenvalue weighted by Crippen LogP contribution is -2.41. The highest BCUT2D eigenvalue weighted by Gasteiger charge is 2.30. The van der Waals surface area contributed by atoms with Gasteiger partial charge in [-0.3, -0.25) is 10.4 Å². The van der Waals surface area contributed by atoms with E-state index in [4.69, 9.17) is 9.47 Å². The standard InChI is InChI=1S/C25H29BrN4O4/c1-25(2,3)34-24(32)30-13-11-17(12-14-30)21-20-18(26)9-10-19(22(20)29-28-21)27-23(31)33-15-16-7-5-4-6-8-16/h4-10,17H,11-15H2,1-3H3,(H,27,31)(H,28,29). The number of halogens is 1. The third-order valence-corrected chi connectivity index (χ3v) is 6.34. The number of nitrogens with zero attached hydrogens (tertiary/aromatic N) is 2. The van der Waals surface area contributed by atoms with E-state index in [1.807, 2.05) is 63.2 Å². The number of anilines is 1. The highest BCUT2D eigenvalue weighted by atomic mass is 79.9. The van der Waals surface area contributed by atoms with E-state index >= 15 is 0 Å². The normalized spacial score (nSPS) is 14.8. The Morgan fingerprint density at radius 2 is 1.85 bits per heavy atom. The Balaban J connectivity index is 1.44. The summed E-state index contributed by atoms with van der Waals surface area (Å²) in [5.74, 6) is 0.184. The maximum atomic E-state index is 12.4. The summed E-state index contributed by atoms with van der Waals surface area (Å²) in [4.78, 5) is 26.5. The fraction of sp³-hybridized carbons (Fsp3) is 0.400. The molecule has 2 heterocycles. The molecule has 8 nitrogen and oxygen atoms in total. The number of piperidine rings is 1. The average molecular weight is 529 g/mol. The van der Waals surface area contributed by atoms with Crippen LogP contribution in [0.5, 0.6) is 0 Å². The molecule has 4 rings (SSSR count). The number of hydrogen-bond acceptors (Lipinski definition) is 5. The number of aromatic nitrogens is 2. The maximum absolute atomic E-state index is 12.4. The number of fused-ring (bicyclic) bond motifs is 1. The number of hydrogen-bond donors (Lipinski definition) is 2. The molecule has 34 heavy (non-hydrogen) atoms. The van der Waals surface area contributed by atoms with E-state index in [0.717, 1.165) is 39.5 Å². The van der Waals surface area contributed by atoms with Crippen molar-refractivity contribution in [2.24, 2.45) is 0 Å². The van der Waals surface area contributed by atoms with E-state index in [0.29, 0.717) is 18.8 Å². The van der Waals surface area contributed by atoms with Crippen LogP contribution < -0.4 is 5.32 Å². The maximum Gasteiger partial charge on any atom is 0.412 e. The second-order valence-corrected chi connectivity index (χ2v) is 10.2. The van der Waals surface area contributed by atoms with E-state index in [-0.39, 0.29) is 18.6 Å². The van der Waals surface area contributed by atoms with E-state index in [1.165, 1.54) is 0 Å². The van der Waals surface area contributed by atoms with E-state index in [9.17, 15) is 9.59 Å². The minimum atomic E-state index is -0.533. The summed E-state index contributed by atoms with van der Waals surface area (Å²) in [6, 6.07) is 13.2. The number of aromatic amines is 1. The summed E-state index contributed by atoms with van der Waals surface area (Å²) in [5, 5.41) is 11.4. The fourth-order valence-electron chi connectivity index (χ4n) is 4.05. The number of nitrogens with one attached hydrogen (secondary N) is 2. The molecule has 3 aromatic rings. The molecule has 0 radical (unpaired) electrons. The van der Waals surface area contributed by atoms with Crippen molar-refractivity contribution in [1.82, 2.24) is 15.1 Å². The topological polar surface area (TPSA) is 96.5 Å². The summed E-state index contributed by atoms with van der Waals surface area (Å²) in [6.07, 6.45) is 0.749. The van der Waals surface area contributed by atoms with Gasteiger partial charge in [-0.25, -0.2) is 9.59 Å². The monoisotopic (exact) mass is 528 g/mol. The van der Waals surface area contributed by atoms with Crippen LogP contribution in [0.1, 0.15) is 50.8 Å². The lowest BCUT2D eigenvalue weighted by Gasteiger charge is -2.33. The van der Waals surface area contributed by atoms with Crippen molar-refractivity contribution >= 4 is 44.7 Å². The summed E-state index contributed by atoms with van der Waals surface area (Å²) in [7, 11) is 0. The molecule has 2 aromatic carbocycles. The minimum Gasteiger partial charge on any atom is -0.444 e. The van der Waals surface area contributed by atoms with Gasteiger partial charge in [0.1, 0.15) is 12.2 Å². The van der Waals surface area contributed by atoms with Crippen LogP contribution in [0.4, 0.5) is 15.3 Å². The molecule has 0 spiro atoms. The Morgan fingerprint density at radius 3 is 2.53 bits per heavy atom. The van der Waals surface area contributed by atoms with Gasteiger partial charge in [0.05, 0.1) is 16.9 Å². The minimum absolute atomic E-state index is 0.184. The molecule has 1 fully saturated rings. The molecular formula is C25H29BrN4O4. The molecule has 1 aromatic heterocycles. The molecule has 1 aliphatic rings. The highest BCUT2D eigenvalue weighted by Crippen LogP contribution is 2.38. The van der Waals surface area contributed by atoms with Crippen molar-refractivity contribution in [3.8, 4) is 0 Å². The molecule has 2 amide bonds. The van der Waals surface area contributed by atoms with Crippen LogP contribution >= 0.6 is 15.9 Å². The number of amides is 2. The first-order valence-corrected chi connectivity index (χ1v) is 12.1. The van der Waals surface area contributed by atoms with Crippen molar-refractivity contribution in [3.63, 3.8) is 0 Å². The molecule has 1 saturated heterocycles. The number of rotatable bonds is 4. The van der Waals surface area contributed by atoms with Gasteiger partial charge in [-0.15, -0.1) is 0 Å². The first kappa shape index (κ1) is 24.1. The van der Waals surface area contributed by atoms with Crippen LogP contribution in [0.2, 0.25) is 0 Å². The largest absolute Gasteiger partial charge is 0.444 e. The van der Waals surface area contributed by atoms with Crippen LogP contribution in [-0.4, -0.2) is 46.0 Å². The molecule has 9 heteroatoms. The van der Waals surface area contributed by atoms with Gasteiger partial charge in [0.2, 0.25) is 0 Å². The Hall–Kier alpha value is -3.07. The van der Waals surface area contributed by atoms with Gasteiger partial charge in [0.15, 0.2) is 0 Å². The number of H-pyrrole nitrogens is 1.